The van der Waals surface area contributed by atoms with Crippen molar-refractivity contribution in [2.75, 3.05) is 19.6 Å². The number of carbonyl (C=O) groups excluding carboxylic acids is 10. The molecule has 10 amide bonds. The maximum atomic E-state index is 14.1. The second-order valence-corrected chi connectivity index (χ2v) is 21.2. The highest BCUT2D eigenvalue weighted by Gasteiger charge is 2.40. The molecule has 28 heteroatoms. The molecule has 0 radical (unpaired) electrons. The third kappa shape index (κ3) is 24.9. The van der Waals surface area contributed by atoms with Gasteiger partial charge in [0.25, 0.3) is 0 Å². The van der Waals surface area contributed by atoms with Crippen LogP contribution >= 0.6 is 0 Å². The van der Waals surface area contributed by atoms with Crippen LogP contribution in [0.1, 0.15) is 104 Å². The number of guanidine groups is 1. The number of likely N-dealkylation sites (tertiary alicyclic amines) is 1. The van der Waals surface area contributed by atoms with Crippen molar-refractivity contribution in [3.8, 4) is 0 Å². The van der Waals surface area contributed by atoms with Gasteiger partial charge in [0.05, 0.1) is 19.0 Å². The van der Waals surface area contributed by atoms with Crippen molar-refractivity contribution in [1.82, 2.24) is 47.4 Å². The summed E-state index contributed by atoms with van der Waals surface area (Å²) < 4.78 is 0. The molecule has 1 aliphatic rings. The fourth-order valence-electron chi connectivity index (χ4n) is 8.93. The molecule has 0 aromatic heterocycles. The van der Waals surface area contributed by atoms with E-state index in [1.807, 2.05) is 13.8 Å². The lowest BCUT2D eigenvalue weighted by Gasteiger charge is -2.30. The van der Waals surface area contributed by atoms with Crippen molar-refractivity contribution in [2.45, 2.75) is 160 Å². The first-order valence-electron chi connectivity index (χ1n) is 27.5. The fraction of sp³-hybridized carbons (Fsp3) is 0.545. The Hall–Kier alpha value is -8.69. The minimum Gasteiger partial charge on any atom is -0.481 e. The van der Waals surface area contributed by atoms with E-state index in [-0.39, 0.29) is 75.8 Å². The zero-order valence-electron chi connectivity index (χ0n) is 47.5. The Morgan fingerprint density at radius 1 is 0.602 bits per heavy atom. The van der Waals surface area contributed by atoms with E-state index in [0.29, 0.717) is 17.5 Å². The van der Waals surface area contributed by atoms with Gasteiger partial charge in [-0.15, -0.1) is 0 Å². The van der Waals surface area contributed by atoms with Crippen LogP contribution in [0.4, 0.5) is 0 Å². The van der Waals surface area contributed by atoms with Gasteiger partial charge in [0.15, 0.2) is 5.96 Å². The molecule has 1 saturated heterocycles. The number of benzene rings is 2. The number of carboxylic acid groups (broad SMARTS) is 2. The summed E-state index contributed by atoms with van der Waals surface area (Å²) in [6.07, 6.45) is -0.841. The summed E-state index contributed by atoms with van der Waals surface area (Å²) in [4.78, 5) is 165. The van der Waals surface area contributed by atoms with Crippen molar-refractivity contribution in [3.05, 3.63) is 71.8 Å². The average Bonchev–Trinajstić information content (AvgIpc) is 4.19. The normalized spacial score (nSPS) is 15.8. The molecule has 0 unspecified atom stereocenters. The van der Waals surface area contributed by atoms with Crippen LogP contribution in [0.5, 0.6) is 0 Å². The standard InChI is InChI=1S/C55H82N14O14/c1-30(2)24-35(56)47(75)67-39(27-34-16-10-7-11-17-34)50(78)68-40(28-45(72)73)51(79)64-36(20-21-43(57)70)49(77)62-32(5)46(74)66-38(26-33-14-8-6-9-15-33)48(76)61-29-44(71)63-41(25-31(3)4)53(81)69-23-13-19-42(69)52(80)65-37(54(82)83)18-12-22-60-55(58)59/h6-11,14-17,30-32,35-42H,12-13,18-29,56H2,1-5H3,(H2,57,70)(H,61,76)(H,62,77)(H,63,71)(H,64,79)(H,65,80)(H,66,74)(H,67,75)(H,68,78)(H,72,73)(H,82,83)(H4,58,59,60)/t32-,35-,36-,37-,38-,39-,40-,41-,42-/m0/s1. The number of nitrogens with one attached hydrogen (secondary N) is 8. The van der Waals surface area contributed by atoms with Crippen LogP contribution < -0.4 is 65.5 Å². The largest absolute Gasteiger partial charge is 0.481 e. The molecular formula is C55H82N14O14. The number of nitrogens with two attached hydrogens (primary N) is 4. The zero-order chi connectivity index (χ0) is 61.9. The number of aliphatic imine (C=N–C) groups is 1. The van der Waals surface area contributed by atoms with Crippen LogP contribution in [0.3, 0.4) is 0 Å². The van der Waals surface area contributed by atoms with Crippen molar-refractivity contribution in [3.63, 3.8) is 0 Å². The monoisotopic (exact) mass is 1160 g/mol. The van der Waals surface area contributed by atoms with Gasteiger partial charge < -0.3 is 80.6 Å². The highest BCUT2D eigenvalue weighted by atomic mass is 16.4. The van der Waals surface area contributed by atoms with Gasteiger partial charge in [0.2, 0.25) is 59.1 Å². The summed E-state index contributed by atoms with van der Waals surface area (Å²) in [5.41, 5.74) is 23.3. The second kappa shape index (κ2) is 34.6. The van der Waals surface area contributed by atoms with Gasteiger partial charge in [-0.2, -0.15) is 0 Å². The minimum atomic E-state index is -1.85. The number of carbonyl (C=O) groups is 12. The molecule has 1 fully saturated rings. The highest BCUT2D eigenvalue weighted by Crippen LogP contribution is 2.21. The lowest BCUT2D eigenvalue weighted by atomic mass is 10.0. The zero-order valence-corrected chi connectivity index (χ0v) is 47.5. The van der Waals surface area contributed by atoms with E-state index in [9.17, 15) is 67.7 Å². The van der Waals surface area contributed by atoms with Gasteiger partial charge >= 0.3 is 11.9 Å². The van der Waals surface area contributed by atoms with E-state index in [0.717, 1.165) is 0 Å². The number of hydrogen-bond acceptors (Lipinski definition) is 14. The van der Waals surface area contributed by atoms with Crippen molar-refractivity contribution in [1.29, 1.82) is 0 Å². The van der Waals surface area contributed by atoms with Crippen LogP contribution in [0.15, 0.2) is 65.7 Å². The lowest BCUT2D eigenvalue weighted by Crippen LogP contribution is -2.60. The summed E-state index contributed by atoms with van der Waals surface area (Å²) in [7, 11) is 0. The first-order chi connectivity index (χ1) is 39.1. The molecule has 18 N–H and O–H groups in total. The van der Waals surface area contributed by atoms with E-state index in [2.05, 4.69) is 47.5 Å². The Balaban J connectivity index is 1.76. The SMILES string of the molecule is CC(C)C[C@H](NC(=O)CNC(=O)[C@H](Cc1ccccc1)NC(=O)[C@H](C)NC(=O)[C@H](CCC(N)=O)NC(=O)[C@H](CC(=O)O)NC(=O)[C@H](Cc1ccccc1)NC(=O)[C@@H](N)CC(C)C)C(=O)N1CCC[C@H]1C(=O)N[C@@H](CCCN=C(N)N)C(=O)O. The first-order valence-corrected chi connectivity index (χ1v) is 27.5. The van der Waals surface area contributed by atoms with Gasteiger partial charge in [-0.3, -0.25) is 57.7 Å². The summed E-state index contributed by atoms with van der Waals surface area (Å²) >= 11 is 0. The van der Waals surface area contributed by atoms with Gasteiger partial charge in [-0.05, 0) is 74.8 Å². The molecule has 2 aromatic carbocycles. The first kappa shape index (κ1) is 68.6. The highest BCUT2D eigenvalue weighted by molar-refractivity contribution is 5.99. The van der Waals surface area contributed by atoms with Gasteiger partial charge in [-0.1, -0.05) is 88.4 Å². The van der Waals surface area contributed by atoms with Gasteiger partial charge in [0.1, 0.15) is 48.3 Å². The molecule has 2 aromatic rings. The van der Waals surface area contributed by atoms with E-state index < -0.39 is 151 Å². The van der Waals surface area contributed by atoms with Crippen LogP contribution in [0, 0.1) is 11.8 Å². The van der Waals surface area contributed by atoms with Crippen LogP contribution in [-0.2, 0) is 70.4 Å². The Bertz CT molecular complexity index is 2600. The Morgan fingerprint density at radius 3 is 1.67 bits per heavy atom. The number of carboxylic acids is 2. The van der Waals surface area contributed by atoms with E-state index >= 15 is 0 Å². The molecule has 1 aliphatic heterocycles. The smallest absolute Gasteiger partial charge is 0.326 e. The lowest BCUT2D eigenvalue weighted by molar-refractivity contribution is -0.145. The van der Waals surface area contributed by atoms with Gasteiger partial charge in [0, 0.05) is 32.4 Å². The fourth-order valence-corrected chi connectivity index (χ4v) is 8.93. The summed E-state index contributed by atoms with van der Waals surface area (Å²) in [6.45, 7) is 8.15. The topological polar surface area (TPSA) is 461 Å². The predicted molar refractivity (Wildman–Crippen MR) is 302 cm³/mol. The molecule has 9 atom stereocenters. The molecule has 83 heavy (non-hydrogen) atoms. The minimum absolute atomic E-state index is 0.00520. The third-order valence-electron chi connectivity index (χ3n) is 13.1. The predicted octanol–water partition coefficient (Wildman–Crippen LogP) is -2.71. The van der Waals surface area contributed by atoms with Crippen LogP contribution in [-0.4, -0.2) is 166 Å². The summed E-state index contributed by atoms with van der Waals surface area (Å²) in [5.74, 6) is -11.7. The molecule has 28 nitrogen and oxygen atoms in total. The summed E-state index contributed by atoms with van der Waals surface area (Å²) in [6, 6.07) is 4.74. The molecule has 0 spiro atoms. The summed E-state index contributed by atoms with van der Waals surface area (Å²) in [5, 5.41) is 39.4. The average molecular weight is 1160 g/mol. The number of hydrogen-bond donors (Lipinski definition) is 14. The number of rotatable bonds is 35. The molecule has 0 aliphatic carbocycles. The molecule has 0 bridgehead atoms. The molecular weight excluding hydrogens is 1080 g/mol. The maximum Gasteiger partial charge on any atom is 0.326 e. The number of primary amides is 1. The Morgan fingerprint density at radius 2 is 1.13 bits per heavy atom. The van der Waals surface area contributed by atoms with Crippen molar-refractivity contribution in [2.24, 2.45) is 39.8 Å². The van der Waals surface area contributed by atoms with Crippen molar-refractivity contribution >= 4 is 77.0 Å². The Labute approximate surface area is 481 Å². The third-order valence-corrected chi connectivity index (χ3v) is 13.1. The molecule has 0 saturated carbocycles. The van der Waals surface area contributed by atoms with Crippen LogP contribution in [0.25, 0.3) is 0 Å². The van der Waals surface area contributed by atoms with E-state index in [1.165, 1.54) is 11.8 Å². The maximum absolute atomic E-state index is 14.1. The van der Waals surface area contributed by atoms with Crippen molar-refractivity contribution < 1.29 is 67.7 Å². The Kier molecular flexibility index (Phi) is 28.6. The van der Waals surface area contributed by atoms with E-state index in [4.69, 9.17) is 22.9 Å². The second-order valence-electron chi connectivity index (χ2n) is 21.2. The van der Waals surface area contributed by atoms with E-state index in [1.54, 1.807) is 74.5 Å². The van der Waals surface area contributed by atoms with Crippen LogP contribution in [0.2, 0.25) is 0 Å². The number of amides is 10. The quantitative estimate of drug-likeness (QED) is 0.0190. The number of aliphatic carboxylic acids is 2. The number of nitrogens with zero attached hydrogens (tertiary/aromatic N) is 2. The molecule has 1 heterocycles. The molecule has 456 valence electrons. The molecule has 3 rings (SSSR count). The van der Waals surface area contributed by atoms with Gasteiger partial charge in [-0.25, -0.2) is 4.79 Å².